The average molecular weight is 462 g/mol. The molecule has 1 aliphatic carbocycles. The van der Waals surface area contributed by atoms with Crippen LogP contribution in [0.4, 0.5) is 0 Å². The van der Waals surface area contributed by atoms with Crippen LogP contribution in [0.1, 0.15) is 30.7 Å². The summed E-state index contributed by atoms with van der Waals surface area (Å²) in [6, 6.07) is 36.6. The summed E-state index contributed by atoms with van der Waals surface area (Å²) in [6.07, 6.45) is 1.70. The first-order valence-corrected chi connectivity index (χ1v) is 12.2. The summed E-state index contributed by atoms with van der Waals surface area (Å²) in [7, 11) is 0. The van der Waals surface area contributed by atoms with E-state index >= 15 is 0 Å². The predicted molar refractivity (Wildman–Crippen MR) is 146 cm³/mol. The van der Waals surface area contributed by atoms with Gasteiger partial charge in [-0.1, -0.05) is 74.5 Å². The Morgan fingerprint density at radius 1 is 0.750 bits per heavy atom. The number of para-hydroxylation sites is 1. The molecule has 6 aromatic rings. The fourth-order valence-electron chi connectivity index (χ4n) is 6.11. The van der Waals surface area contributed by atoms with Crippen molar-refractivity contribution < 1.29 is 0 Å². The first-order valence-electron chi connectivity index (χ1n) is 12.2. The summed E-state index contributed by atoms with van der Waals surface area (Å²) in [5.41, 5.74) is 11.3. The molecule has 0 atom stereocenters. The highest BCUT2D eigenvalue weighted by molar-refractivity contribution is 6.14. The van der Waals surface area contributed by atoms with Gasteiger partial charge in [0.15, 0.2) is 0 Å². The fraction of sp³-hybridized carbons (Fsp3) is 0.0909. The molecule has 3 nitrogen and oxygen atoms in total. The molecule has 36 heavy (non-hydrogen) atoms. The molecule has 4 aromatic carbocycles. The van der Waals surface area contributed by atoms with E-state index in [4.69, 9.17) is 0 Å². The summed E-state index contributed by atoms with van der Waals surface area (Å²) >= 11 is 0. The minimum atomic E-state index is -0.0903. The van der Waals surface area contributed by atoms with Gasteiger partial charge in [0.05, 0.1) is 11.0 Å². The third-order valence-electron chi connectivity index (χ3n) is 7.67. The molecule has 0 fully saturated rings. The van der Waals surface area contributed by atoms with Crippen molar-refractivity contribution in [2.75, 3.05) is 0 Å². The highest BCUT2D eigenvalue weighted by Gasteiger charge is 2.37. The van der Waals surface area contributed by atoms with Gasteiger partial charge in [-0.05, 0) is 69.8 Å². The minimum Gasteiger partial charge on any atom is -0.309 e. The first-order chi connectivity index (χ1) is 17.6. The highest BCUT2D eigenvalue weighted by atomic mass is 15.0. The minimum absolute atomic E-state index is 0.0903. The molecule has 0 N–H and O–H groups in total. The number of fused-ring (bicyclic) bond motifs is 7. The second kappa shape index (κ2) is 7.41. The Bertz CT molecular complexity index is 1880. The molecule has 0 aliphatic heterocycles. The molecule has 0 bridgehead atoms. The van der Waals surface area contributed by atoms with Crippen LogP contribution in [0.15, 0.2) is 103 Å². The molecule has 1 aliphatic rings. The van der Waals surface area contributed by atoms with E-state index < -0.39 is 0 Å². The Kier molecular flexibility index (Phi) is 4.25. The summed E-state index contributed by atoms with van der Waals surface area (Å²) in [6.45, 7) is 4.69. The van der Waals surface area contributed by atoms with Crippen LogP contribution in [0.5, 0.6) is 0 Å². The molecular weight excluding hydrogens is 438 g/mol. The smallest absolute Gasteiger partial charge is 0.141 e. The molecule has 0 amide bonds. The molecule has 2 aromatic heterocycles. The Morgan fingerprint density at radius 3 is 2.44 bits per heavy atom. The van der Waals surface area contributed by atoms with Gasteiger partial charge >= 0.3 is 0 Å². The van der Waals surface area contributed by atoms with E-state index in [1.165, 1.54) is 44.1 Å². The van der Waals surface area contributed by atoms with Crippen LogP contribution >= 0.6 is 0 Å². The normalized spacial score (nSPS) is 13.5. The molecule has 7 rings (SSSR count). The standard InChI is InChI=1S/C33H23N3/c1-33(2)28-12-5-3-10-25(28)26-14-15-30-31(32(26)33)27-11-4-6-13-29(27)36(30)24-9-7-8-21(19-24)22-16-17-35-23(18-22)20-34/h3-19H,1-2H3. The van der Waals surface area contributed by atoms with Crippen molar-refractivity contribution in [1.82, 2.24) is 9.55 Å². The van der Waals surface area contributed by atoms with Crippen LogP contribution in [-0.4, -0.2) is 9.55 Å². The number of nitrogens with zero attached hydrogens (tertiary/aromatic N) is 3. The Morgan fingerprint density at radius 2 is 1.56 bits per heavy atom. The zero-order chi connectivity index (χ0) is 24.4. The quantitative estimate of drug-likeness (QED) is 0.262. The van der Waals surface area contributed by atoms with Crippen molar-refractivity contribution in [1.29, 1.82) is 5.26 Å². The van der Waals surface area contributed by atoms with Gasteiger partial charge in [-0.3, -0.25) is 0 Å². The number of hydrogen-bond donors (Lipinski definition) is 0. The lowest BCUT2D eigenvalue weighted by atomic mass is 9.80. The Hall–Kier alpha value is -4.68. The van der Waals surface area contributed by atoms with E-state index in [9.17, 15) is 5.26 Å². The van der Waals surface area contributed by atoms with Crippen molar-refractivity contribution in [3.63, 3.8) is 0 Å². The number of hydrogen-bond acceptors (Lipinski definition) is 2. The second-order valence-corrected chi connectivity index (χ2v) is 10.00. The molecule has 0 saturated carbocycles. The lowest BCUT2D eigenvalue weighted by molar-refractivity contribution is 0.666. The Labute approximate surface area is 209 Å². The highest BCUT2D eigenvalue weighted by Crippen LogP contribution is 2.53. The maximum atomic E-state index is 9.32. The van der Waals surface area contributed by atoms with Gasteiger partial charge in [0.2, 0.25) is 0 Å². The van der Waals surface area contributed by atoms with Crippen molar-refractivity contribution in [3.05, 3.63) is 120 Å². The molecule has 3 heteroatoms. The van der Waals surface area contributed by atoms with E-state index in [2.05, 4.69) is 114 Å². The zero-order valence-electron chi connectivity index (χ0n) is 20.2. The topological polar surface area (TPSA) is 41.6 Å². The molecular formula is C33H23N3. The molecule has 0 saturated heterocycles. The molecule has 0 unspecified atom stereocenters. The lowest BCUT2D eigenvalue weighted by Gasteiger charge is -2.22. The number of pyridine rings is 1. The number of aromatic nitrogens is 2. The van der Waals surface area contributed by atoms with Crippen molar-refractivity contribution in [2.24, 2.45) is 0 Å². The summed E-state index contributed by atoms with van der Waals surface area (Å²) in [5.74, 6) is 0. The van der Waals surface area contributed by atoms with E-state index in [-0.39, 0.29) is 5.41 Å². The summed E-state index contributed by atoms with van der Waals surface area (Å²) in [5, 5.41) is 11.9. The molecule has 0 spiro atoms. The molecule has 2 heterocycles. The summed E-state index contributed by atoms with van der Waals surface area (Å²) < 4.78 is 2.37. The SMILES string of the molecule is CC1(C)c2ccccc2-c2ccc3c(c21)c1ccccc1n3-c1cccc(-c2ccnc(C#N)c2)c1. The largest absolute Gasteiger partial charge is 0.309 e. The van der Waals surface area contributed by atoms with Gasteiger partial charge in [0, 0.05) is 28.1 Å². The maximum absolute atomic E-state index is 9.32. The fourth-order valence-corrected chi connectivity index (χ4v) is 6.11. The third-order valence-corrected chi connectivity index (χ3v) is 7.67. The monoisotopic (exact) mass is 461 g/mol. The van der Waals surface area contributed by atoms with Crippen LogP contribution in [0.3, 0.4) is 0 Å². The van der Waals surface area contributed by atoms with E-state index in [1.54, 1.807) is 6.20 Å². The maximum Gasteiger partial charge on any atom is 0.141 e. The van der Waals surface area contributed by atoms with Crippen molar-refractivity contribution in [3.8, 4) is 34.0 Å². The third kappa shape index (κ3) is 2.76. The van der Waals surface area contributed by atoms with E-state index in [1.807, 2.05) is 12.1 Å². The van der Waals surface area contributed by atoms with Crippen LogP contribution in [0, 0.1) is 11.3 Å². The molecule has 170 valence electrons. The van der Waals surface area contributed by atoms with Gasteiger partial charge in [-0.2, -0.15) is 5.26 Å². The lowest BCUT2D eigenvalue weighted by Crippen LogP contribution is -2.15. The summed E-state index contributed by atoms with van der Waals surface area (Å²) in [4.78, 5) is 4.14. The van der Waals surface area contributed by atoms with Crippen LogP contribution in [0.2, 0.25) is 0 Å². The van der Waals surface area contributed by atoms with Gasteiger partial charge in [-0.25, -0.2) is 4.98 Å². The van der Waals surface area contributed by atoms with Crippen LogP contribution < -0.4 is 0 Å². The van der Waals surface area contributed by atoms with Crippen LogP contribution in [-0.2, 0) is 5.41 Å². The predicted octanol–water partition coefficient (Wildman–Crippen LogP) is 8.02. The van der Waals surface area contributed by atoms with Crippen molar-refractivity contribution in [2.45, 2.75) is 19.3 Å². The first kappa shape index (κ1) is 20.7. The van der Waals surface area contributed by atoms with Gasteiger partial charge in [-0.15, -0.1) is 0 Å². The average Bonchev–Trinajstić information content (AvgIpc) is 3.38. The Balaban J connectivity index is 1.54. The number of rotatable bonds is 2. The second-order valence-electron chi connectivity index (χ2n) is 10.00. The number of nitriles is 1. The molecule has 0 radical (unpaired) electrons. The van der Waals surface area contributed by atoms with Crippen LogP contribution in [0.25, 0.3) is 49.7 Å². The van der Waals surface area contributed by atoms with E-state index in [0.29, 0.717) is 5.69 Å². The van der Waals surface area contributed by atoms with Crippen molar-refractivity contribution >= 4 is 21.8 Å². The zero-order valence-corrected chi connectivity index (χ0v) is 20.2. The van der Waals surface area contributed by atoms with Gasteiger partial charge < -0.3 is 4.57 Å². The number of benzene rings is 4. The van der Waals surface area contributed by atoms with E-state index in [0.717, 1.165) is 16.8 Å². The van der Waals surface area contributed by atoms with Gasteiger partial charge in [0.25, 0.3) is 0 Å². The van der Waals surface area contributed by atoms with Gasteiger partial charge in [0.1, 0.15) is 11.8 Å².